The van der Waals surface area contributed by atoms with Crippen molar-refractivity contribution in [2.45, 2.75) is 5.92 Å². The van der Waals surface area contributed by atoms with E-state index in [-0.39, 0.29) is 5.91 Å². The molecule has 4 aromatic rings. The molecule has 4 rings (SSSR count). The van der Waals surface area contributed by atoms with Crippen molar-refractivity contribution in [3.63, 3.8) is 0 Å². The molecular weight excluding hydrogens is 384 g/mol. The highest BCUT2D eigenvalue weighted by atomic mass is 16.2. The smallest absolute Gasteiger partial charge is 0.262 e. The highest BCUT2D eigenvalue weighted by Crippen LogP contribution is 2.24. The second-order valence-electron chi connectivity index (χ2n) is 7.13. The minimum Gasteiger partial charge on any atom is -0.272 e. The van der Waals surface area contributed by atoms with E-state index in [1.54, 1.807) is 6.08 Å². The van der Waals surface area contributed by atoms with Gasteiger partial charge in [0.25, 0.3) is 5.91 Å². The van der Waals surface area contributed by atoms with Gasteiger partial charge in [-0.15, -0.1) is 0 Å². The molecule has 0 spiro atoms. The van der Waals surface area contributed by atoms with Gasteiger partial charge in [0.1, 0.15) is 0 Å². The van der Waals surface area contributed by atoms with Gasteiger partial charge in [-0.1, -0.05) is 103 Å². The summed E-state index contributed by atoms with van der Waals surface area (Å²) in [6.07, 6.45) is 3.16. The first-order valence-electron chi connectivity index (χ1n) is 10.1. The number of fused-ring (bicyclic) bond motifs is 1. The van der Waals surface area contributed by atoms with E-state index in [0.717, 1.165) is 27.5 Å². The normalized spacial score (nSPS) is 11.0. The number of rotatable bonds is 5. The summed E-state index contributed by atoms with van der Waals surface area (Å²) in [6.45, 7) is 0. The van der Waals surface area contributed by atoms with Crippen LogP contribution in [0.15, 0.2) is 109 Å². The molecule has 0 fully saturated rings. The molecule has 2 N–H and O–H groups in total. The Kier molecular flexibility index (Phi) is 6.19. The Bertz CT molecular complexity index is 1170. The zero-order valence-electron chi connectivity index (χ0n) is 16.9. The summed E-state index contributed by atoms with van der Waals surface area (Å²) < 4.78 is 0. The lowest BCUT2D eigenvalue weighted by atomic mass is 9.91. The van der Waals surface area contributed by atoms with E-state index in [1.807, 2.05) is 103 Å². The van der Waals surface area contributed by atoms with E-state index in [2.05, 4.69) is 10.9 Å². The van der Waals surface area contributed by atoms with Gasteiger partial charge in [0.05, 0.1) is 5.92 Å². The lowest BCUT2D eigenvalue weighted by molar-refractivity contribution is -0.127. The molecule has 4 heteroatoms. The van der Waals surface area contributed by atoms with Gasteiger partial charge < -0.3 is 0 Å². The zero-order valence-corrected chi connectivity index (χ0v) is 16.9. The Balaban J connectivity index is 1.46. The van der Waals surface area contributed by atoms with Crippen LogP contribution in [0.1, 0.15) is 22.6 Å². The van der Waals surface area contributed by atoms with E-state index in [4.69, 9.17) is 0 Å². The summed E-state index contributed by atoms with van der Waals surface area (Å²) in [5.74, 6) is -1.23. The van der Waals surface area contributed by atoms with Crippen LogP contribution in [-0.2, 0) is 9.59 Å². The number of carbonyl (C=O) groups is 2. The van der Waals surface area contributed by atoms with Crippen LogP contribution < -0.4 is 10.9 Å². The van der Waals surface area contributed by atoms with Crippen LogP contribution in [0.25, 0.3) is 16.8 Å². The molecule has 0 bridgehead atoms. The van der Waals surface area contributed by atoms with Gasteiger partial charge >= 0.3 is 0 Å². The number of benzene rings is 4. The van der Waals surface area contributed by atoms with Crippen LogP contribution in [-0.4, -0.2) is 11.8 Å². The standard InChI is InChI=1S/C27H22N2O2/c30-25(19-18-21-16-9-15-20-10-7-8-17-24(20)21)28-29-27(31)26(22-11-3-1-4-12-22)23-13-5-2-6-14-23/h1-19,26H,(H,28,30)(H,29,31)/b19-18+. The highest BCUT2D eigenvalue weighted by Gasteiger charge is 2.22. The number of hydrogen-bond donors (Lipinski definition) is 2. The first-order valence-corrected chi connectivity index (χ1v) is 10.1. The molecule has 0 saturated carbocycles. The van der Waals surface area contributed by atoms with Crippen LogP contribution in [0.2, 0.25) is 0 Å². The zero-order chi connectivity index (χ0) is 21.5. The highest BCUT2D eigenvalue weighted by molar-refractivity contribution is 5.98. The monoisotopic (exact) mass is 406 g/mol. The summed E-state index contributed by atoms with van der Waals surface area (Å²) in [5.41, 5.74) is 7.70. The van der Waals surface area contributed by atoms with Crippen molar-refractivity contribution >= 4 is 28.7 Å². The van der Waals surface area contributed by atoms with Gasteiger partial charge in [-0.25, -0.2) is 0 Å². The van der Waals surface area contributed by atoms with Gasteiger partial charge in [0.2, 0.25) is 5.91 Å². The largest absolute Gasteiger partial charge is 0.272 e. The van der Waals surface area contributed by atoms with Crippen LogP contribution >= 0.6 is 0 Å². The Morgan fingerprint density at radius 2 is 1.23 bits per heavy atom. The third-order valence-electron chi connectivity index (χ3n) is 5.07. The second-order valence-corrected chi connectivity index (χ2v) is 7.13. The predicted octanol–water partition coefficient (Wildman–Crippen LogP) is 4.83. The fraction of sp³-hybridized carbons (Fsp3) is 0.0370. The first kappa shape index (κ1) is 20.1. The quantitative estimate of drug-likeness (QED) is 0.368. The topological polar surface area (TPSA) is 58.2 Å². The summed E-state index contributed by atoms with van der Waals surface area (Å²) in [7, 11) is 0. The lowest BCUT2D eigenvalue weighted by Gasteiger charge is -2.17. The Labute approximate surface area is 181 Å². The Morgan fingerprint density at radius 3 is 1.90 bits per heavy atom. The molecule has 0 aliphatic heterocycles. The van der Waals surface area contributed by atoms with Crippen LogP contribution in [0, 0.1) is 0 Å². The van der Waals surface area contributed by atoms with E-state index >= 15 is 0 Å². The molecule has 4 aromatic carbocycles. The van der Waals surface area contributed by atoms with Crippen molar-refractivity contribution in [3.8, 4) is 0 Å². The van der Waals surface area contributed by atoms with Crippen molar-refractivity contribution in [3.05, 3.63) is 126 Å². The van der Waals surface area contributed by atoms with Crippen molar-refractivity contribution in [2.24, 2.45) is 0 Å². The summed E-state index contributed by atoms with van der Waals surface area (Å²) in [6, 6.07) is 32.9. The van der Waals surface area contributed by atoms with Gasteiger partial charge in [0, 0.05) is 6.08 Å². The maximum Gasteiger partial charge on any atom is 0.262 e. The third-order valence-corrected chi connectivity index (χ3v) is 5.07. The molecule has 0 aliphatic carbocycles. The molecule has 0 unspecified atom stereocenters. The summed E-state index contributed by atoms with van der Waals surface area (Å²) in [5, 5.41) is 2.17. The summed E-state index contributed by atoms with van der Waals surface area (Å²) >= 11 is 0. The molecule has 152 valence electrons. The van der Waals surface area contributed by atoms with Gasteiger partial charge in [-0.3, -0.25) is 20.4 Å². The number of carbonyl (C=O) groups excluding carboxylic acids is 2. The van der Waals surface area contributed by atoms with E-state index in [0.29, 0.717) is 0 Å². The summed E-state index contributed by atoms with van der Waals surface area (Å²) in [4.78, 5) is 25.3. The molecular formula is C27H22N2O2. The molecule has 2 amide bonds. The van der Waals surface area contributed by atoms with E-state index in [1.165, 1.54) is 6.08 Å². The molecule has 0 atom stereocenters. The van der Waals surface area contributed by atoms with Crippen molar-refractivity contribution in [1.29, 1.82) is 0 Å². The molecule has 0 radical (unpaired) electrons. The van der Waals surface area contributed by atoms with Crippen molar-refractivity contribution in [1.82, 2.24) is 10.9 Å². The predicted molar refractivity (Wildman–Crippen MR) is 124 cm³/mol. The molecule has 31 heavy (non-hydrogen) atoms. The van der Waals surface area contributed by atoms with Crippen LogP contribution in [0.5, 0.6) is 0 Å². The first-order chi connectivity index (χ1) is 15.2. The third kappa shape index (κ3) is 4.87. The SMILES string of the molecule is O=C(/C=C/c1cccc2ccccc12)NNC(=O)C(c1ccccc1)c1ccccc1. The van der Waals surface area contributed by atoms with Crippen molar-refractivity contribution in [2.75, 3.05) is 0 Å². The fourth-order valence-corrected chi connectivity index (χ4v) is 3.58. The van der Waals surface area contributed by atoms with Crippen molar-refractivity contribution < 1.29 is 9.59 Å². The maximum atomic E-state index is 12.9. The van der Waals surface area contributed by atoms with E-state index < -0.39 is 11.8 Å². The van der Waals surface area contributed by atoms with Gasteiger partial charge in [-0.05, 0) is 33.5 Å². The van der Waals surface area contributed by atoms with Gasteiger partial charge in [-0.2, -0.15) is 0 Å². The maximum absolute atomic E-state index is 12.9. The average molecular weight is 406 g/mol. The van der Waals surface area contributed by atoms with Crippen LogP contribution in [0.4, 0.5) is 0 Å². The number of nitrogens with one attached hydrogen (secondary N) is 2. The molecule has 0 aliphatic rings. The lowest BCUT2D eigenvalue weighted by Crippen LogP contribution is -2.43. The minimum absolute atomic E-state index is 0.302. The minimum atomic E-state index is -0.523. The molecule has 0 aromatic heterocycles. The fourth-order valence-electron chi connectivity index (χ4n) is 3.58. The molecule has 0 heterocycles. The number of amides is 2. The van der Waals surface area contributed by atoms with Gasteiger partial charge in [0.15, 0.2) is 0 Å². The Morgan fingerprint density at radius 1 is 0.645 bits per heavy atom. The Hall–Kier alpha value is -4.18. The number of hydrogen-bond acceptors (Lipinski definition) is 2. The molecule has 4 nitrogen and oxygen atoms in total. The molecule has 0 saturated heterocycles. The number of hydrazine groups is 1. The van der Waals surface area contributed by atoms with Crippen LogP contribution in [0.3, 0.4) is 0 Å². The van der Waals surface area contributed by atoms with E-state index in [9.17, 15) is 9.59 Å². The average Bonchev–Trinajstić information content (AvgIpc) is 2.83. The second kappa shape index (κ2) is 9.55.